The average molecular weight is 274 g/mol. The third-order valence-corrected chi connectivity index (χ3v) is 4.10. The van der Waals surface area contributed by atoms with E-state index in [2.05, 4.69) is 26.8 Å². The standard InChI is InChI=1S/C15H22N4O/c1-10-5-4-6-13(17-10)14-7-16-9-19(14)8-15-18-11(2)12(3)20-15/h7,9-10,13,17H,4-6,8H2,1-3H3. The monoisotopic (exact) mass is 274 g/mol. The molecule has 0 aromatic carbocycles. The maximum atomic E-state index is 5.67. The molecule has 0 amide bonds. The van der Waals surface area contributed by atoms with Crippen LogP contribution in [0.25, 0.3) is 0 Å². The quantitative estimate of drug-likeness (QED) is 0.935. The Kier molecular flexibility index (Phi) is 3.61. The first-order valence-corrected chi connectivity index (χ1v) is 7.32. The summed E-state index contributed by atoms with van der Waals surface area (Å²) < 4.78 is 7.81. The zero-order valence-electron chi connectivity index (χ0n) is 12.4. The Balaban J connectivity index is 1.79. The molecule has 0 radical (unpaired) electrons. The van der Waals surface area contributed by atoms with Crippen LogP contribution in [0.15, 0.2) is 16.9 Å². The topological polar surface area (TPSA) is 55.9 Å². The van der Waals surface area contributed by atoms with Crippen molar-refractivity contribution in [3.8, 4) is 0 Å². The average Bonchev–Trinajstić information content (AvgIpc) is 2.98. The van der Waals surface area contributed by atoms with Gasteiger partial charge in [0.2, 0.25) is 5.89 Å². The predicted molar refractivity (Wildman–Crippen MR) is 76.5 cm³/mol. The molecule has 1 aliphatic heterocycles. The first kappa shape index (κ1) is 13.4. The van der Waals surface area contributed by atoms with E-state index in [-0.39, 0.29) is 0 Å². The van der Waals surface area contributed by atoms with E-state index in [1.54, 1.807) is 0 Å². The van der Waals surface area contributed by atoms with E-state index in [1.807, 2.05) is 26.4 Å². The van der Waals surface area contributed by atoms with Crippen LogP contribution < -0.4 is 5.32 Å². The lowest BCUT2D eigenvalue weighted by Gasteiger charge is -2.29. The van der Waals surface area contributed by atoms with Crippen LogP contribution in [0, 0.1) is 13.8 Å². The van der Waals surface area contributed by atoms with Crippen molar-refractivity contribution in [2.45, 2.75) is 58.7 Å². The number of hydrogen-bond acceptors (Lipinski definition) is 4. The first-order valence-electron chi connectivity index (χ1n) is 7.32. The van der Waals surface area contributed by atoms with E-state index in [0.717, 1.165) is 17.3 Å². The summed E-state index contributed by atoms with van der Waals surface area (Å²) in [5, 5.41) is 3.65. The van der Waals surface area contributed by atoms with Gasteiger partial charge in [-0.1, -0.05) is 0 Å². The molecule has 1 N–H and O–H groups in total. The molecule has 2 unspecified atom stereocenters. The molecule has 0 bridgehead atoms. The fourth-order valence-electron chi connectivity index (χ4n) is 2.88. The van der Waals surface area contributed by atoms with Gasteiger partial charge in [-0.2, -0.15) is 0 Å². The number of aromatic nitrogens is 3. The van der Waals surface area contributed by atoms with Gasteiger partial charge in [0.1, 0.15) is 12.3 Å². The van der Waals surface area contributed by atoms with E-state index in [1.165, 1.54) is 25.0 Å². The van der Waals surface area contributed by atoms with Crippen molar-refractivity contribution in [2.24, 2.45) is 0 Å². The smallest absolute Gasteiger partial charge is 0.214 e. The van der Waals surface area contributed by atoms with Crippen LogP contribution in [0.1, 0.15) is 55.3 Å². The summed E-state index contributed by atoms with van der Waals surface area (Å²) >= 11 is 0. The first-order chi connectivity index (χ1) is 9.63. The molecule has 0 aliphatic carbocycles. The predicted octanol–water partition coefficient (Wildman–Crippen LogP) is 2.74. The van der Waals surface area contributed by atoms with Gasteiger partial charge >= 0.3 is 0 Å². The van der Waals surface area contributed by atoms with E-state index >= 15 is 0 Å². The number of piperidine rings is 1. The molecule has 0 spiro atoms. The van der Waals surface area contributed by atoms with Gasteiger partial charge in [0.25, 0.3) is 0 Å². The molecule has 0 saturated carbocycles. The van der Waals surface area contributed by atoms with Crippen LogP contribution in [0.5, 0.6) is 0 Å². The zero-order valence-corrected chi connectivity index (χ0v) is 12.4. The highest BCUT2D eigenvalue weighted by Gasteiger charge is 2.22. The summed E-state index contributed by atoms with van der Waals surface area (Å²) in [7, 11) is 0. The summed E-state index contributed by atoms with van der Waals surface area (Å²) in [5.41, 5.74) is 2.19. The van der Waals surface area contributed by atoms with Crippen molar-refractivity contribution < 1.29 is 4.42 Å². The number of oxazole rings is 1. The van der Waals surface area contributed by atoms with Crippen molar-refractivity contribution in [3.05, 3.63) is 35.6 Å². The highest BCUT2D eigenvalue weighted by molar-refractivity contribution is 5.10. The Morgan fingerprint density at radius 2 is 2.25 bits per heavy atom. The Morgan fingerprint density at radius 1 is 1.40 bits per heavy atom. The minimum absolute atomic E-state index is 0.387. The highest BCUT2D eigenvalue weighted by Crippen LogP contribution is 2.25. The van der Waals surface area contributed by atoms with Crippen molar-refractivity contribution in [3.63, 3.8) is 0 Å². The number of hydrogen-bond donors (Lipinski definition) is 1. The van der Waals surface area contributed by atoms with Gasteiger partial charge in [0, 0.05) is 18.3 Å². The van der Waals surface area contributed by atoms with E-state index < -0.39 is 0 Å². The maximum Gasteiger partial charge on any atom is 0.214 e. The summed E-state index contributed by atoms with van der Waals surface area (Å²) in [4.78, 5) is 8.75. The van der Waals surface area contributed by atoms with Crippen molar-refractivity contribution >= 4 is 0 Å². The van der Waals surface area contributed by atoms with Crippen LogP contribution in [0.2, 0.25) is 0 Å². The van der Waals surface area contributed by atoms with E-state index in [0.29, 0.717) is 18.6 Å². The summed E-state index contributed by atoms with van der Waals surface area (Å²) in [6.07, 6.45) is 7.51. The molecule has 3 rings (SSSR count). The Morgan fingerprint density at radius 3 is 2.95 bits per heavy atom. The second-order valence-electron chi connectivity index (χ2n) is 5.75. The minimum Gasteiger partial charge on any atom is -0.444 e. The number of nitrogens with zero attached hydrogens (tertiary/aromatic N) is 3. The van der Waals surface area contributed by atoms with Gasteiger partial charge in [0.05, 0.1) is 17.7 Å². The second kappa shape index (κ2) is 5.40. The molecule has 2 aromatic heterocycles. The second-order valence-corrected chi connectivity index (χ2v) is 5.75. The van der Waals surface area contributed by atoms with Gasteiger partial charge in [-0.3, -0.25) is 0 Å². The van der Waals surface area contributed by atoms with E-state index in [9.17, 15) is 0 Å². The Labute approximate surface area is 119 Å². The molecule has 1 saturated heterocycles. The molecular weight excluding hydrogens is 252 g/mol. The Bertz CT molecular complexity index is 567. The minimum atomic E-state index is 0.387. The Hall–Kier alpha value is -1.62. The fourth-order valence-corrected chi connectivity index (χ4v) is 2.88. The molecule has 5 heteroatoms. The molecule has 3 heterocycles. The lowest BCUT2D eigenvalue weighted by molar-refractivity contribution is 0.328. The van der Waals surface area contributed by atoms with Gasteiger partial charge < -0.3 is 14.3 Å². The van der Waals surface area contributed by atoms with Gasteiger partial charge in [-0.05, 0) is 40.0 Å². The third kappa shape index (κ3) is 2.63. The summed E-state index contributed by atoms with van der Waals surface area (Å²) in [6.45, 7) is 6.82. The fraction of sp³-hybridized carbons (Fsp3) is 0.600. The SMILES string of the molecule is Cc1nc(Cn2cncc2C2CCCC(C)N2)oc1C. The van der Waals surface area contributed by atoms with Crippen molar-refractivity contribution in [1.29, 1.82) is 0 Å². The summed E-state index contributed by atoms with van der Waals surface area (Å²) in [6, 6.07) is 0.960. The van der Waals surface area contributed by atoms with E-state index in [4.69, 9.17) is 4.42 Å². The van der Waals surface area contributed by atoms with Crippen molar-refractivity contribution in [1.82, 2.24) is 19.9 Å². The largest absolute Gasteiger partial charge is 0.444 e. The number of nitrogens with one attached hydrogen (secondary N) is 1. The molecule has 1 aliphatic rings. The van der Waals surface area contributed by atoms with Gasteiger partial charge in [-0.25, -0.2) is 9.97 Å². The molecule has 1 fully saturated rings. The number of aryl methyl sites for hydroxylation is 2. The van der Waals surface area contributed by atoms with Crippen LogP contribution in [0.3, 0.4) is 0 Å². The zero-order chi connectivity index (χ0) is 14.1. The molecule has 108 valence electrons. The number of rotatable bonds is 3. The number of imidazole rings is 1. The van der Waals surface area contributed by atoms with Gasteiger partial charge in [0.15, 0.2) is 0 Å². The third-order valence-electron chi connectivity index (χ3n) is 4.10. The lowest BCUT2D eigenvalue weighted by atomic mass is 9.97. The van der Waals surface area contributed by atoms with Crippen molar-refractivity contribution in [2.75, 3.05) is 0 Å². The molecule has 5 nitrogen and oxygen atoms in total. The van der Waals surface area contributed by atoms with Crippen LogP contribution in [-0.2, 0) is 6.54 Å². The highest BCUT2D eigenvalue weighted by atomic mass is 16.4. The maximum absolute atomic E-state index is 5.67. The summed E-state index contributed by atoms with van der Waals surface area (Å²) in [5.74, 6) is 1.65. The molecular formula is C15H22N4O. The van der Waals surface area contributed by atoms with Crippen LogP contribution in [-0.4, -0.2) is 20.6 Å². The lowest BCUT2D eigenvalue weighted by Crippen LogP contribution is -2.35. The van der Waals surface area contributed by atoms with Crippen LogP contribution in [0.4, 0.5) is 0 Å². The molecule has 20 heavy (non-hydrogen) atoms. The van der Waals surface area contributed by atoms with Crippen LogP contribution >= 0.6 is 0 Å². The normalized spacial score (nSPS) is 23.1. The molecule has 2 atom stereocenters. The molecule has 2 aromatic rings. The van der Waals surface area contributed by atoms with Gasteiger partial charge in [-0.15, -0.1) is 0 Å².